The van der Waals surface area contributed by atoms with E-state index in [0.29, 0.717) is 6.54 Å². The third-order valence-corrected chi connectivity index (χ3v) is 6.37. The third-order valence-electron chi connectivity index (χ3n) is 5.35. The quantitative estimate of drug-likeness (QED) is 0.844. The normalized spacial score (nSPS) is 16.6. The van der Waals surface area contributed by atoms with Crippen molar-refractivity contribution < 1.29 is 9.59 Å². The number of nitrogens with two attached hydrogens (primary N) is 1. The van der Waals surface area contributed by atoms with Crippen molar-refractivity contribution in [2.75, 3.05) is 20.1 Å². The number of hydrogen-bond donors (Lipinski definition) is 1. The summed E-state index contributed by atoms with van der Waals surface area (Å²) < 4.78 is 1.10. The molecule has 0 bridgehead atoms. The predicted octanol–water partition coefficient (Wildman–Crippen LogP) is 3.08. The first kappa shape index (κ1) is 19.0. The van der Waals surface area contributed by atoms with Crippen LogP contribution in [0.25, 0.3) is 10.2 Å². The zero-order valence-corrected chi connectivity index (χ0v) is 16.4. The van der Waals surface area contributed by atoms with Gasteiger partial charge in [-0.1, -0.05) is 25.3 Å². The van der Waals surface area contributed by atoms with Crippen molar-refractivity contribution >= 4 is 33.2 Å². The van der Waals surface area contributed by atoms with Crippen LogP contribution in [0.1, 0.15) is 42.7 Å². The van der Waals surface area contributed by atoms with Gasteiger partial charge in [-0.3, -0.25) is 9.59 Å². The number of fused-ring (bicyclic) bond motifs is 1. The largest absolute Gasteiger partial charge is 0.338 e. The van der Waals surface area contributed by atoms with Crippen LogP contribution in [0.3, 0.4) is 0 Å². The number of nitrogens with zero attached hydrogens (tertiary/aromatic N) is 2. The molecule has 6 heteroatoms. The van der Waals surface area contributed by atoms with E-state index in [-0.39, 0.29) is 24.7 Å². The number of likely N-dealkylation sites (N-methyl/N-ethyl adjacent to an activating group) is 1. The van der Waals surface area contributed by atoms with Gasteiger partial charge in [0.1, 0.15) is 5.01 Å². The average Bonchev–Trinajstić information content (AvgIpc) is 3.02. The molecule has 0 atom stereocenters. The fourth-order valence-corrected chi connectivity index (χ4v) is 4.95. The Morgan fingerprint density at radius 1 is 1.27 bits per heavy atom. The van der Waals surface area contributed by atoms with Crippen molar-refractivity contribution in [3.05, 3.63) is 28.8 Å². The van der Waals surface area contributed by atoms with Gasteiger partial charge in [0.2, 0.25) is 5.91 Å². The van der Waals surface area contributed by atoms with E-state index in [1.807, 2.05) is 19.1 Å². The summed E-state index contributed by atoms with van der Waals surface area (Å²) in [5, 5.41) is 0.808. The summed E-state index contributed by atoms with van der Waals surface area (Å²) in [5.41, 5.74) is 7.59. The zero-order valence-electron chi connectivity index (χ0n) is 15.6. The van der Waals surface area contributed by atoms with Crippen LogP contribution in [0.2, 0.25) is 0 Å². The van der Waals surface area contributed by atoms with Crippen molar-refractivity contribution in [3.63, 3.8) is 0 Å². The molecule has 26 heavy (non-hydrogen) atoms. The van der Waals surface area contributed by atoms with Gasteiger partial charge < -0.3 is 10.6 Å². The molecule has 1 amide bonds. The van der Waals surface area contributed by atoms with E-state index in [4.69, 9.17) is 5.73 Å². The molecule has 1 fully saturated rings. The summed E-state index contributed by atoms with van der Waals surface area (Å²) in [4.78, 5) is 31.5. The number of aromatic nitrogens is 1. The lowest BCUT2D eigenvalue weighted by Gasteiger charge is -2.37. The van der Waals surface area contributed by atoms with Crippen molar-refractivity contribution in [2.24, 2.45) is 11.1 Å². The van der Waals surface area contributed by atoms with E-state index < -0.39 is 5.41 Å². The van der Waals surface area contributed by atoms with Crippen LogP contribution in [-0.2, 0) is 16.0 Å². The lowest BCUT2D eigenvalue weighted by molar-refractivity contribution is -0.144. The summed E-state index contributed by atoms with van der Waals surface area (Å²) in [6.07, 6.45) is 5.17. The Kier molecular flexibility index (Phi) is 5.73. The van der Waals surface area contributed by atoms with E-state index in [0.717, 1.165) is 47.3 Å². The summed E-state index contributed by atoms with van der Waals surface area (Å²) in [6.45, 7) is 2.53. The lowest BCUT2D eigenvalue weighted by Crippen LogP contribution is -2.49. The van der Waals surface area contributed by atoms with Crippen LogP contribution < -0.4 is 5.73 Å². The lowest BCUT2D eigenvalue weighted by atomic mass is 9.73. The van der Waals surface area contributed by atoms with Crippen molar-refractivity contribution in [2.45, 2.75) is 45.4 Å². The minimum absolute atomic E-state index is 0.0135. The molecule has 1 aromatic heterocycles. The molecule has 1 aliphatic rings. The summed E-state index contributed by atoms with van der Waals surface area (Å²) in [5.74, 6) is 0.0348. The van der Waals surface area contributed by atoms with E-state index in [1.165, 1.54) is 5.56 Å². The highest BCUT2D eigenvalue weighted by Crippen LogP contribution is 2.36. The van der Waals surface area contributed by atoms with Crippen LogP contribution in [0, 0.1) is 12.3 Å². The molecular weight excluding hydrogens is 346 g/mol. The number of aryl methyl sites for hydroxylation is 1. The number of Topliss-reactive ketones (excluding diaryl/α,β-unsaturated/α-hetero) is 1. The van der Waals surface area contributed by atoms with Crippen LogP contribution >= 0.6 is 11.3 Å². The number of hydrogen-bond acceptors (Lipinski definition) is 5. The van der Waals surface area contributed by atoms with Crippen molar-refractivity contribution in [1.82, 2.24) is 9.88 Å². The Bertz CT molecular complexity index is 808. The highest BCUT2D eigenvalue weighted by Gasteiger charge is 2.40. The minimum Gasteiger partial charge on any atom is -0.338 e. The van der Waals surface area contributed by atoms with Crippen molar-refractivity contribution in [3.8, 4) is 0 Å². The minimum atomic E-state index is -0.472. The standard InChI is InChI=1S/C20H27N3O2S/c1-14-6-7-16-17(10-14)26-18(22-16)11-15(24)12-23(2)19(25)20(13-21)8-4-3-5-9-20/h6-7,10H,3-5,8-9,11-13,21H2,1-2H3. The second-order valence-electron chi connectivity index (χ2n) is 7.50. The SMILES string of the molecule is Cc1ccc2nc(CC(=O)CN(C)C(=O)C3(CN)CCCCC3)sc2c1. The fourth-order valence-electron chi connectivity index (χ4n) is 3.85. The Hall–Kier alpha value is -1.79. The van der Waals surface area contributed by atoms with Crippen LogP contribution in [0.15, 0.2) is 18.2 Å². The number of amides is 1. The molecule has 2 N–H and O–H groups in total. The fraction of sp³-hybridized carbons (Fsp3) is 0.550. The molecule has 1 aromatic carbocycles. The Labute approximate surface area is 158 Å². The summed E-state index contributed by atoms with van der Waals surface area (Å²) in [6, 6.07) is 6.10. The van der Waals surface area contributed by atoms with Crippen LogP contribution in [0.5, 0.6) is 0 Å². The van der Waals surface area contributed by atoms with Gasteiger partial charge in [-0.2, -0.15) is 0 Å². The maximum absolute atomic E-state index is 12.9. The van der Waals surface area contributed by atoms with Gasteiger partial charge in [-0.05, 0) is 37.5 Å². The first-order valence-corrected chi connectivity index (χ1v) is 10.1. The number of carbonyl (C=O) groups excluding carboxylic acids is 2. The van der Waals surface area contributed by atoms with Crippen LogP contribution in [-0.4, -0.2) is 41.7 Å². The van der Waals surface area contributed by atoms with Gasteiger partial charge in [0.25, 0.3) is 0 Å². The van der Waals surface area contributed by atoms with Gasteiger partial charge in [-0.25, -0.2) is 4.98 Å². The van der Waals surface area contributed by atoms with Gasteiger partial charge in [0.15, 0.2) is 5.78 Å². The molecule has 0 aliphatic heterocycles. The molecule has 0 unspecified atom stereocenters. The third kappa shape index (κ3) is 3.96. The molecule has 140 valence electrons. The van der Waals surface area contributed by atoms with Gasteiger partial charge in [0, 0.05) is 13.6 Å². The number of thiazole rings is 1. The van der Waals surface area contributed by atoms with E-state index in [9.17, 15) is 9.59 Å². The molecule has 1 heterocycles. The molecule has 2 aromatic rings. The first-order valence-electron chi connectivity index (χ1n) is 9.27. The average molecular weight is 374 g/mol. The molecule has 5 nitrogen and oxygen atoms in total. The molecule has 0 spiro atoms. The highest BCUT2D eigenvalue weighted by atomic mass is 32.1. The van der Waals surface area contributed by atoms with Crippen molar-refractivity contribution in [1.29, 1.82) is 0 Å². The summed E-state index contributed by atoms with van der Waals surface area (Å²) >= 11 is 1.55. The van der Waals surface area contributed by atoms with E-state index >= 15 is 0 Å². The molecular formula is C20H27N3O2S. The zero-order chi connectivity index (χ0) is 18.7. The molecule has 0 saturated heterocycles. The van der Waals surface area contributed by atoms with Gasteiger partial charge in [0.05, 0.1) is 28.6 Å². The molecule has 1 aliphatic carbocycles. The monoisotopic (exact) mass is 373 g/mol. The predicted molar refractivity (Wildman–Crippen MR) is 105 cm³/mol. The second kappa shape index (κ2) is 7.84. The van der Waals surface area contributed by atoms with Crippen LogP contribution in [0.4, 0.5) is 0 Å². The smallest absolute Gasteiger partial charge is 0.230 e. The topological polar surface area (TPSA) is 76.3 Å². The first-order chi connectivity index (χ1) is 12.4. The van der Waals surface area contributed by atoms with Gasteiger partial charge >= 0.3 is 0 Å². The Balaban J connectivity index is 1.63. The number of rotatable bonds is 6. The molecule has 3 rings (SSSR count). The number of benzene rings is 1. The number of ketones is 1. The number of carbonyl (C=O) groups is 2. The second-order valence-corrected chi connectivity index (χ2v) is 8.62. The van der Waals surface area contributed by atoms with E-state index in [2.05, 4.69) is 11.1 Å². The molecule has 0 radical (unpaired) electrons. The summed E-state index contributed by atoms with van der Waals surface area (Å²) in [7, 11) is 1.72. The molecule has 1 saturated carbocycles. The maximum Gasteiger partial charge on any atom is 0.230 e. The maximum atomic E-state index is 12.9. The Morgan fingerprint density at radius 2 is 2.00 bits per heavy atom. The highest BCUT2D eigenvalue weighted by molar-refractivity contribution is 7.18. The van der Waals surface area contributed by atoms with Gasteiger partial charge in [-0.15, -0.1) is 11.3 Å². The van der Waals surface area contributed by atoms with E-state index in [1.54, 1.807) is 23.3 Å². The Morgan fingerprint density at radius 3 is 2.69 bits per heavy atom.